The van der Waals surface area contributed by atoms with Gasteiger partial charge in [-0.1, -0.05) is 30.0 Å². The quantitative estimate of drug-likeness (QED) is 0.430. The van der Waals surface area contributed by atoms with Gasteiger partial charge in [0, 0.05) is 31.0 Å². The molecule has 0 aromatic heterocycles. The summed E-state index contributed by atoms with van der Waals surface area (Å²) in [6.45, 7) is 2.92. The SMILES string of the molecule is COCCC(=O)N1C[C@@H](F)[C@@H](NC(=O)C2=C3NC(=O)N(c4ccc(Oc5ccccc5)cc4C)C4CCNC(S2)C34)C1. The molecule has 3 N–H and O–H groups in total. The number of amides is 4. The Morgan fingerprint density at radius 1 is 1.14 bits per heavy atom. The molecule has 42 heavy (non-hydrogen) atoms. The number of thioether (sulfide) groups is 1. The van der Waals surface area contributed by atoms with Crippen molar-refractivity contribution in [2.75, 3.05) is 38.3 Å². The van der Waals surface area contributed by atoms with Gasteiger partial charge in [0.15, 0.2) is 0 Å². The van der Waals surface area contributed by atoms with Gasteiger partial charge in [0.25, 0.3) is 5.91 Å². The number of nitrogens with one attached hydrogen (secondary N) is 3. The monoisotopic (exact) mass is 595 g/mol. The van der Waals surface area contributed by atoms with Gasteiger partial charge in [0.2, 0.25) is 5.91 Å². The zero-order valence-corrected chi connectivity index (χ0v) is 24.3. The Labute approximate surface area is 248 Å². The average Bonchev–Trinajstić information content (AvgIpc) is 3.54. The third-order valence-corrected chi connectivity index (χ3v) is 9.55. The van der Waals surface area contributed by atoms with Gasteiger partial charge in [-0.25, -0.2) is 9.18 Å². The Morgan fingerprint density at radius 2 is 1.95 bits per heavy atom. The third kappa shape index (κ3) is 5.46. The van der Waals surface area contributed by atoms with E-state index in [1.165, 1.54) is 23.8 Å². The van der Waals surface area contributed by atoms with Crippen LogP contribution >= 0.6 is 11.8 Å². The van der Waals surface area contributed by atoms with Gasteiger partial charge in [0.1, 0.15) is 17.7 Å². The normalized spacial score (nSPS) is 26.6. The molecule has 4 heterocycles. The van der Waals surface area contributed by atoms with Crippen LogP contribution < -0.4 is 25.6 Å². The first kappa shape index (κ1) is 28.5. The number of benzene rings is 2. The van der Waals surface area contributed by atoms with E-state index in [1.807, 2.05) is 55.5 Å². The van der Waals surface area contributed by atoms with E-state index in [0.29, 0.717) is 29.3 Å². The Balaban J connectivity index is 1.19. The minimum Gasteiger partial charge on any atom is -0.457 e. The molecule has 3 unspecified atom stereocenters. The van der Waals surface area contributed by atoms with Crippen LogP contribution in [0.4, 0.5) is 14.9 Å². The zero-order valence-electron chi connectivity index (χ0n) is 23.5. The summed E-state index contributed by atoms with van der Waals surface area (Å²) in [6.07, 6.45) is -0.502. The molecule has 3 fully saturated rings. The fourth-order valence-electron chi connectivity index (χ4n) is 6.17. The molecule has 2 aromatic rings. The molecule has 0 saturated carbocycles. The number of nitrogens with zero attached hydrogens (tertiary/aromatic N) is 2. The first-order chi connectivity index (χ1) is 20.3. The molecule has 0 bridgehead atoms. The number of methoxy groups -OCH3 is 1. The smallest absolute Gasteiger partial charge is 0.326 e. The summed E-state index contributed by atoms with van der Waals surface area (Å²) in [7, 11) is 1.51. The molecular formula is C30H34FN5O5S. The lowest BCUT2D eigenvalue weighted by Crippen LogP contribution is -2.62. The molecule has 0 spiro atoms. The van der Waals surface area contributed by atoms with Crippen molar-refractivity contribution in [2.24, 2.45) is 5.92 Å². The number of rotatable bonds is 8. The number of piperidine rings is 1. The molecule has 4 aliphatic rings. The van der Waals surface area contributed by atoms with Gasteiger partial charge >= 0.3 is 6.03 Å². The fourth-order valence-corrected chi connectivity index (χ4v) is 7.57. The number of alkyl halides is 1. The summed E-state index contributed by atoms with van der Waals surface area (Å²) in [5.74, 6) is 0.624. The molecule has 6 rings (SSSR count). The lowest BCUT2D eigenvalue weighted by Gasteiger charge is -2.46. The van der Waals surface area contributed by atoms with Crippen molar-refractivity contribution in [3.05, 3.63) is 64.7 Å². The van der Waals surface area contributed by atoms with E-state index in [0.717, 1.165) is 17.0 Å². The van der Waals surface area contributed by atoms with E-state index in [9.17, 15) is 18.8 Å². The molecule has 0 radical (unpaired) electrons. The lowest BCUT2D eigenvalue weighted by molar-refractivity contribution is -0.131. The van der Waals surface area contributed by atoms with Gasteiger partial charge in [-0.3, -0.25) is 14.5 Å². The number of anilines is 1. The molecule has 222 valence electrons. The fraction of sp³-hybridized carbons (Fsp3) is 0.433. The molecule has 0 aliphatic carbocycles. The van der Waals surface area contributed by atoms with Crippen molar-refractivity contribution < 1.29 is 28.2 Å². The molecule has 4 amide bonds. The summed E-state index contributed by atoms with van der Waals surface area (Å²) in [6, 6.07) is 13.9. The number of carbonyl (C=O) groups excluding carboxylic acids is 3. The van der Waals surface area contributed by atoms with Crippen molar-refractivity contribution in [3.8, 4) is 11.5 Å². The molecule has 3 saturated heterocycles. The highest BCUT2D eigenvalue weighted by Crippen LogP contribution is 2.48. The molecule has 4 aliphatic heterocycles. The molecule has 2 aromatic carbocycles. The van der Waals surface area contributed by atoms with Crippen molar-refractivity contribution >= 4 is 35.3 Å². The van der Waals surface area contributed by atoms with Crippen LogP contribution in [0.15, 0.2) is 59.1 Å². The second-order valence-electron chi connectivity index (χ2n) is 10.9. The predicted octanol–water partition coefficient (Wildman–Crippen LogP) is 3.28. The highest BCUT2D eigenvalue weighted by Gasteiger charge is 2.52. The third-order valence-electron chi connectivity index (χ3n) is 8.19. The summed E-state index contributed by atoms with van der Waals surface area (Å²) < 4.78 is 25.8. The van der Waals surface area contributed by atoms with Gasteiger partial charge in [0.05, 0.1) is 41.9 Å². The summed E-state index contributed by atoms with van der Waals surface area (Å²) in [5, 5.41) is 9.16. The number of ether oxygens (including phenoxy) is 2. The van der Waals surface area contributed by atoms with Crippen molar-refractivity contribution in [1.82, 2.24) is 20.9 Å². The van der Waals surface area contributed by atoms with Crippen molar-refractivity contribution in [3.63, 3.8) is 0 Å². The van der Waals surface area contributed by atoms with Crippen LogP contribution in [0.25, 0.3) is 0 Å². The first-order valence-corrected chi connectivity index (χ1v) is 15.0. The maximum Gasteiger partial charge on any atom is 0.326 e. The highest BCUT2D eigenvalue weighted by atomic mass is 32.2. The van der Waals surface area contributed by atoms with E-state index in [1.54, 1.807) is 4.90 Å². The lowest BCUT2D eigenvalue weighted by atomic mass is 9.86. The van der Waals surface area contributed by atoms with Gasteiger partial charge in [-0.15, -0.1) is 0 Å². The van der Waals surface area contributed by atoms with Crippen LogP contribution in [0, 0.1) is 12.8 Å². The summed E-state index contributed by atoms with van der Waals surface area (Å²) in [5.41, 5.74) is 2.25. The Bertz CT molecular complexity index is 1410. The number of likely N-dealkylation sites (tertiary alicyclic amines) is 1. The van der Waals surface area contributed by atoms with Crippen LogP contribution in [0.1, 0.15) is 18.4 Å². The van der Waals surface area contributed by atoms with Gasteiger partial charge in [-0.05, 0) is 55.8 Å². The predicted molar refractivity (Wildman–Crippen MR) is 157 cm³/mol. The number of hydrogen-bond acceptors (Lipinski definition) is 7. The standard InChI is InChI=1S/C30H34FN5O5S/c1-17-14-19(41-18-6-4-3-5-7-18)8-9-22(17)36-23-10-12-32-29-25(23)26(34-30(36)39)27(42-29)28(38)33-21-16-35(15-20(21)31)24(37)11-13-40-2/h3-9,14,20-21,23,25,29,32H,10-13,15-16H2,1-2H3,(H,33,38)(H,34,39)/t20-,21+,23?,25?,29?/m1/s1. The van der Waals surface area contributed by atoms with Crippen LogP contribution in [0.5, 0.6) is 11.5 Å². The zero-order chi connectivity index (χ0) is 29.4. The maximum atomic E-state index is 14.8. The highest BCUT2D eigenvalue weighted by molar-refractivity contribution is 8.04. The van der Waals surface area contributed by atoms with Crippen molar-refractivity contribution in [2.45, 2.75) is 43.4 Å². The Morgan fingerprint density at radius 3 is 2.71 bits per heavy atom. The number of carbonyl (C=O) groups is 3. The molecular weight excluding hydrogens is 561 g/mol. The van der Waals surface area contributed by atoms with Gasteiger partial charge < -0.3 is 30.3 Å². The largest absolute Gasteiger partial charge is 0.457 e. The average molecular weight is 596 g/mol. The molecule has 12 heteroatoms. The topological polar surface area (TPSA) is 112 Å². The minimum absolute atomic E-state index is 0.0678. The Kier molecular flexibility index (Phi) is 8.11. The Hall–Kier alpha value is -3.61. The summed E-state index contributed by atoms with van der Waals surface area (Å²) >= 11 is 1.36. The number of urea groups is 1. The number of para-hydroxylation sites is 1. The van der Waals surface area contributed by atoms with E-state index in [-0.39, 0.29) is 55.4 Å². The second-order valence-corrected chi connectivity index (χ2v) is 12.1. The van der Waals surface area contributed by atoms with Gasteiger partial charge in [-0.2, -0.15) is 0 Å². The molecule has 5 atom stereocenters. The van der Waals surface area contributed by atoms with E-state index >= 15 is 0 Å². The minimum atomic E-state index is -1.38. The number of aryl methyl sites for hydroxylation is 1. The van der Waals surface area contributed by atoms with E-state index in [4.69, 9.17) is 9.47 Å². The first-order valence-electron chi connectivity index (χ1n) is 14.1. The summed E-state index contributed by atoms with van der Waals surface area (Å²) in [4.78, 5) is 43.0. The van der Waals surface area contributed by atoms with E-state index in [2.05, 4.69) is 16.0 Å². The van der Waals surface area contributed by atoms with Crippen molar-refractivity contribution in [1.29, 1.82) is 0 Å². The van der Waals surface area contributed by atoms with E-state index < -0.39 is 18.1 Å². The second kappa shape index (κ2) is 11.9. The number of hydrogen-bond donors (Lipinski definition) is 3. The number of halogens is 1. The van der Waals surface area contributed by atoms with Crippen LogP contribution in [0.2, 0.25) is 0 Å². The maximum absolute atomic E-state index is 14.8. The molecule has 10 nitrogen and oxygen atoms in total. The van der Waals surface area contributed by atoms with Crippen LogP contribution in [-0.4, -0.2) is 79.7 Å². The van der Waals surface area contributed by atoms with Crippen LogP contribution in [0.3, 0.4) is 0 Å². The van der Waals surface area contributed by atoms with Crippen LogP contribution in [-0.2, 0) is 14.3 Å².